The maximum absolute atomic E-state index is 12.4. The minimum Gasteiger partial charge on any atom is -0.490 e. The number of halogens is 2. The second-order valence-corrected chi connectivity index (χ2v) is 10.6. The monoisotopic (exact) mass is 682 g/mol. The zero-order valence-corrected chi connectivity index (χ0v) is 25.9. The fourth-order valence-corrected chi connectivity index (χ4v) is 5.23. The molecule has 2 atom stereocenters. The van der Waals surface area contributed by atoms with Crippen LogP contribution < -0.4 is 30.3 Å². The molecule has 0 bridgehead atoms. The lowest BCUT2D eigenvalue weighted by molar-refractivity contribution is -0.136. The van der Waals surface area contributed by atoms with Crippen LogP contribution in [0.2, 0.25) is 0 Å². The maximum atomic E-state index is 12.4. The zero-order valence-electron chi connectivity index (χ0n) is 22.7. The highest BCUT2D eigenvalue weighted by Gasteiger charge is 2.32. The van der Waals surface area contributed by atoms with Crippen LogP contribution in [0.5, 0.6) is 17.2 Å². The molecule has 0 saturated carbocycles. The average Bonchev–Trinajstić information content (AvgIpc) is 2.89. The third-order valence-electron chi connectivity index (χ3n) is 5.48. The van der Waals surface area contributed by atoms with E-state index in [-0.39, 0.29) is 18.3 Å². The van der Waals surface area contributed by atoms with Crippen LogP contribution in [-0.4, -0.2) is 56.0 Å². The van der Waals surface area contributed by atoms with Gasteiger partial charge in [0.15, 0.2) is 17.7 Å². The summed E-state index contributed by atoms with van der Waals surface area (Å²) >= 11 is 7.00. The molecule has 2 aromatic carbocycles. The van der Waals surface area contributed by atoms with E-state index in [0.717, 1.165) is 14.5 Å². The second kappa shape index (κ2) is 14.4. The first-order valence-electron chi connectivity index (χ1n) is 12.4. The van der Waals surface area contributed by atoms with Gasteiger partial charge in [-0.2, -0.15) is 5.10 Å². The molecule has 40 heavy (non-hydrogen) atoms. The fraction of sp³-hybridized carbons (Fsp3) is 0.370. The van der Waals surface area contributed by atoms with Crippen LogP contribution in [0.25, 0.3) is 0 Å². The van der Waals surface area contributed by atoms with Crippen LogP contribution in [0.15, 0.2) is 55.6 Å². The molecule has 4 N–H and O–H groups in total. The van der Waals surface area contributed by atoms with Crippen molar-refractivity contribution in [3.05, 3.63) is 61.7 Å². The predicted octanol–water partition coefficient (Wildman–Crippen LogP) is 4.52. The van der Waals surface area contributed by atoms with Gasteiger partial charge in [-0.25, -0.2) is 9.59 Å². The number of carbonyl (C=O) groups excluding carboxylic acids is 2. The van der Waals surface area contributed by atoms with Crippen molar-refractivity contribution in [1.29, 1.82) is 0 Å². The average molecular weight is 684 g/mol. The van der Waals surface area contributed by atoms with E-state index in [1.165, 1.54) is 7.11 Å². The Balaban J connectivity index is 1.68. The molecule has 0 aliphatic carbocycles. The molecule has 0 radical (unpaired) electrons. The number of esters is 1. The third kappa shape index (κ3) is 8.12. The van der Waals surface area contributed by atoms with Gasteiger partial charge in [-0.15, -0.1) is 0 Å². The number of allylic oxidation sites excluding steroid dienone is 1. The molecule has 0 spiro atoms. The summed E-state index contributed by atoms with van der Waals surface area (Å²) in [5.74, 6) is 0.871. The summed E-state index contributed by atoms with van der Waals surface area (Å²) < 4.78 is 23.7. The molecule has 11 nitrogen and oxygen atoms in total. The highest BCUT2D eigenvalue weighted by atomic mass is 79.9. The number of ether oxygens (including phenoxy) is 4. The highest BCUT2D eigenvalue weighted by Crippen LogP contribution is 2.36. The molecule has 216 valence electrons. The number of nitrogens with zero attached hydrogens (tertiary/aromatic N) is 1. The van der Waals surface area contributed by atoms with E-state index < -0.39 is 24.3 Å². The lowest BCUT2D eigenvalue weighted by Crippen LogP contribution is -2.45. The van der Waals surface area contributed by atoms with E-state index in [4.69, 9.17) is 18.9 Å². The first kappa shape index (κ1) is 31.2. The first-order chi connectivity index (χ1) is 19.0. The SMILES string of the molecule is CCOc1cc([C@@H]2NC(=O)NC(C)=C2C(=O)OC)ccc1OC[C@@H](O)N/N=C/c1cc(Br)c(OC(C)C)c(Br)c1. The van der Waals surface area contributed by atoms with Crippen molar-refractivity contribution in [3.63, 3.8) is 0 Å². The summed E-state index contributed by atoms with van der Waals surface area (Å²) in [4.78, 5) is 24.5. The van der Waals surface area contributed by atoms with Crippen LogP contribution in [-0.2, 0) is 9.53 Å². The number of rotatable bonds is 12. The Morgan fingerprint density at radius 2 is 1.88 bits per heavy atom. The highest BCUT2D eigenvalue weighted by molar-refractivity contribution is 9.11. The van der Waals surface area contributed by atoms with Gasteiger partial charge in [0, 0.05) is 5.70 Å². The number of benzene rings is 2. The number of nitrogens with one attached hydrogen (secondary N) is 3. The minimum atomic E-state index is -1.12. The van der Waals surface area contributed by atoms with Gasteiger partial charge in [-0.3, -0.25) is 5.43 Å². The largest absolute Gasteiger partial charge is 0.490 e. The summed E-state index contributed by atoms with van der Waals surface area (Å²) in [5.41, 5.74) is 4.65. The van der Waals surface area contributed by atoms with E-state index in [1.807, 2.05) is 32.9 Å². The standard InChI is InChI=1S/C27H32Br2N4O7/c1-6-38-21-11-17(24-23(26(35)37-5)15(4)31-27(36)32-24)7-8-20(21)39-13-22(34)33-30-12-16-9-18(28)25(19(29)10-16)40-14(2)3/h7-12,14,22,24,33-34H,6,13H2,1-5H3,(H2,31,32,36)/b30-12+/t22-,24+/m1/s1. The van der Waals surface area contributed by atoms with Gasteiger partial charge in [0.05, 0.1) is 46.6 Å². The molecule has 2 amide bonds. The van der Waals surface area contributed by atoms with Crippen LogP contribution in [0, 0.1) is 0 Å². The van der Waals surface area contributed by atoms with E-state index in [9.17, 15) is 14.7 Å². The lowest BCUT2D eigenvalue weighted by Gasteiger charge is -2.28. The van der Waals surface area contributed by atoms with E-state index in [1.54, 1.807) is 31.3 Å². The Morgan fingerprint density at radius 1 is 1.18 bits per heavy atom. The van der Waals surface area contributed by atoms with E-state index >= 15 is 0 Å². The van der Waals surface area contributed by atoms with Gasteiger partial charge in [0.25, 0.3) is 0 Å². The molecule has 0 fully saturated rings. The molecule has 0 saturated heterocycles. The van der Waals surface area contributed by atoms with Crippen LogP contribution >= 0.6 is 31.9 Å². The molecule has 0 unspecified atom stereocenters. The van der Waals surface area contributed by atoms with Crippen molar-refractivity contribution in [2.24, 2.45) is 5.10 Å². The molecule has 1 aliphatic heterocycles. The quantitative estimate of drug-likeness (QED) is 0.111. The normalized spacial score (nSPS) is 15.9. The Hall–Kier alpha value is -3.29. The van der Waals surface area contributed by atoms with E-state index in [2.05, 4.69) is 53.0 Å². The van der Waals surface area contributed by atoms with Crippen LogP contribution in [0.4, 0.5) is 4.79 Å². The Morgan fingerprint density at radius 3 is 2.50 bits per heavy atom. The van der Waals surface area contributed by atoms with Crippen LogP contribution in [0.1, 0.15) is 44.9 Å². The van der Waals surface area contributed by atoms with Crippen molar-refractivity contribution in [2.75, 3.05) is 20.3 Å². The number of hydrogen-bond acceptors (Lipinski definition) is 9. The van der Waals surface area contributed by atoms with Crippen molar-refractivity contribution < 1.29 is 33.6 Å². The molecule has 1 heterocycles. The zero-order chi connectivity index (χ0) is 29.4. The molecule has 2 aromatic rings. The molecule has 3 rings (SSSR count). The third-order valence-corrected chi connectivity index (χ3v) is 6.66. The predicted molar refractivity (Wildman–Crippen MR) is 157 cm³/mol. The first-order valence-corrected chi connectivity index (χ1v) is 14.0. The lowest BCUT2D eigenvalue weighted by atomic mass is 9.95. The van der Waals surface area contributed by atoms with Gasteiger partial charge >= 0.3 is 12.0 Å². The Labute approximate surface area is 249 Å². The molecule has 1 aliphatic rings. The fourth-order valence-electron chi connectivity index (χ4n) is 3.82. The Bertz CT molecular complexity index is 1280. The van der Waals surface area contributed by atoms with Gasteiger partial charge in [-0.1, -0.05) is 6.07 Å². The number of hydrogen-bond donors (Lipinski definition) is 4. The number of carbonyl (C=O) groups is 2. The number of amides is 2. The number of hydrazone groups is 1. The van der Waals surface area contributed by atoms with Gasteiger partial charge < -0.3 is 34.7 Å². The second-order valence-electron chi connectivity index (χ2n) is 8.90. The number of aliphatic hydroxyl groups is 1. The number of urea groups is 1. The molecule has 0 aromatic heterocycles. The summed E-state index contributed by atoms with van der Waals surface area (Å²) in [6.07, 6.45) is 0.452. The molecular formula is C27H32Br2N4O7. The smallest absolute Gasteiger partial charge is 0.337 e. The Kier molecular flexibility index (Phi) is 11.2. The van der Waals surface area contributed by atoms with E-state index in [0.29, 0.717) is 35.1 Å². The topological polar surface area (TPSA) is 140 Å². The van der Waals surface area contributed by atoms with Crippen molar-refractivity contribution in [2.45, 2.75) is 46.1 Å². The van der Waals surface area contributed by atoms with Gasteiger partial charge in [0.2, 0.25) is 0 Å². The van der Waals surface area contributed by atoms with Crippen LogP contribution in [0.3, 0.4) is 0 Å². The summed E-state index contributed by atoms with van der Waals surface area (Å²) in [6.45, 7) is 7.54. The van der Waals surface area contributed by atoms with Crippen molar-refractivity contribution in [1.82, 2.24) is 16.1 Å². The minimum absolute atomic E-state index is 0.0205. The maximum Gasteiger partial charge on any atom is 0.337 e. The van der Waals surface area contributed by atoms with Gasteiger partial charge in [0.1, 0.15) is 12.4 Å². The van der Waals surface area contributed by atoms with Crippen molar-refractivity contribution in [3.8, 4) is 17.2 Å². The number of aliphatic hydroxyl groups excluding tert-OH is 1. The number of methoxy groups -OCH3 is 1. The summed E-state index contributed by atoms with van der Waals surface area (Å²) in [6, 6.07) is 7.52. The summed E-state index contributed by atoms with van der Waals surface area (Å²) in [5, 5.41) is 19.8. The summed E-state index contributed by atoms with van der Waals surface area (Å²) in [7, 11) is 1.28. The van der Waals surface area contributed by atoms with Crippen molar-refractivity contribution >= 4 is 50.1 Å². The molecule has 13 heteroatoms. The molecular weight excluding hydrogens is 652 g/mol. The van der Waals surface area contributed by atoms with Gasteiger partial charge in [-0.05, 0) is 94.9 Å².